The number of H-pyrrole nitrogens is 1. The smallest absolute Gasteiger partial charge is 0.120 e. The van der Waals surface area contributed by atoms with Crippen molar-refractivity contribution in [3.63, 3.8) is 0 Å². The third kappa shape index (κ3) is 3.81. The monoisotopic (exact) mass is 314 g/mol. The lowest BCUT2D eigenvalue weighted by atomic mass is 10.1. The number of para-hydroxylation sites is 1. The van der Waals surface area contributed by atoms with Crippen molar-refractivity contribution >= 4 is 22.5 Å². The number of fused-ring (bicyclic) bond motifs is 1. The zero-order valence-electron chi connectivity index (χ0n) is 12.3. The van der Waals surface area contributed by atoms with Gasteiger partial charge in [0.2, 0.25) is 0 Å². The van der Waals surface area contributed by atoms with Crippen LogP contribution in [0.2, 0.25) is 5.02 Å². The van der Waals surface area contributed by atoms with E-state index in [1.165, 1.54) is 16.5 Å². The maximum atomic E-state index is 5.91. The Morgan fingerprint density at radius 1 is 1.05 bits per heavy atom. The van der Waals surface area contributed by atoms with Crippen LogP contribution in [0.1, 0.15) is 5.56 Å². The predicted octanol–water partition coefficient (Wildman–Crippen LogP) is 4.03. The Morgan fingerprint density at radius 3 is 2.86 bits per heavy atom. The van der Waals surface area contributed by atoms with Crippen LogP contribution in [0.4, 0.5) is 0 Å². The van der Waals surface area contributed by atoms with Crippen LogP contribution in [0, 0.1) is 0 Å². The number of hydrogen-bond acceptors (Lipinski definition) is 2. The molecule has 0 atom stereocenters. The highest BCUT2D eigenvalue weighted by molar-refractivity contribution is 6.30. The standard InChI is InChI=1S/C18H19ClN2O/c19-15-4-3-5-16(12-15)22-11-10-20-9-8-14-13-21-18-7-2-1-6-17(14)18/h1-7,12-13,20-21H,8-11H2. The molecule has 0 amide bonds. The van der Waals surface area contributed by atoms with Gasteiger partial charge >= 0.3 is 0 Å². The fourth-order valence-electron chi connectivity index (χ4n) is 2.48. The number of nitrogens with one attached hydrogen (secondary N) is 2. The van der Waals surface area contributed by atoms with E-state index in [9.17, 15) is 0 Å². The SMILES string of the molecule is Clc1cccc(OCCNCCc2c[nH]c3ccccc23)c1. The van der Waals surface area contributed by atoms with Crippen LogP contribution in [-0.4, -0.2) is 24.7 Å². The number of hydrogen-bond donors (Lipinski definition) is 2. The molecule has 0 aliphatic heterocycles. The van der Waals surface area contributed by atoms with Crippen LogP contribution in [0.3, 0.4) is 0 Å². The third-order valence-corrected chi connectivity index (χ3v) is 3.82. The molecule has 0 unspecified atom stereocenters. The van der Waals surface area contributed by atoms with Crippen molar-refractivity contribution in [3.8, 4) is 5.75 Å². The summed E-state index contributed by atoms with van der Waals surface area (Å²) < 4.78 is 5.64. The van der Waals surface area contributed by atoms with Gasteiger partial charge in [-0.2, -0.15) is 0 Å². The van der Waals surface area contributed by atoms with Crippen molar-refractivity contribution < 1.29 is 4.74 Å². The topological polar surface area (TPSA) is 37.0 Å². The summed E-state index contributed by atoms with van der Waals surface area (Å²) in [6.07, 6.45) is 3.09. The Hall–Kier alpha value is -1.97. The molecule has 0 saturated carbocycles. The van der Waals surface area contributed by atoms with E-state index >= 15 is 0 Å². The lowest BCUT2D eigenvalue weighted by Crippen LogP contribution is -2.23. The van der Waals surface area contributed by atoms with Crippen molar-refractivity contribution in [1.29, 1.82) is 0 Å². The summed E-state index contributed by atoms with van der Waals surface area (Å²) in [5.74, 6) is 0.811. The Balaban J connectivity index is 1.39. The summed E-state index contributed by atoms with van der Waals surface area (Å²) >= 11 is 5.91. The second kappa shape index (κ2) is 7.34. The normalized spacial score (nSPS) is 11.0. The van der Waals surface area contributed by atoms with Crippen molar-refractivity contribution in [2.75, 3.05) is 19.7 Å². The van der Waals surface area contributed by atoms with Crippen molar-refractivity contribution in [1.82, 2.24) is 10.3 Å². The van der Waals surface area contributed by atoms with Crippen LogP contribution in [0.15, 0.2) is 54.7 Å². The van der Waals surface area contributed by atoms with Gasteiger partial charge < -0.3 is 15.0 Å². The summed E-state index contributed by atoms with van der Waals surface area (Å²) in [7, 11) is 0. The second-order valence-electron chi connectivity index (χ2n) is 5.17. The van der Waals surface area contributed by atoms with Gasteiger partial charge in [0.05, 0.1) is 0 Å². The van der Waals surface area contributed by atoms with E-state index in [1.54, 1.807) is 0 Å². The van der Waals surface area contributed by atoms with E-state index in [1.807, 2.05) is 30.3 Å². The number of benzene rings is 2. The highest BCUT2D eigenvalue weighted by Crippen LogP contribution is 2.18. The number of aromatic nitrogens is 1. The highest BCUT2D eigenvalue weighted by atomic mass is 35.5. The van der Waals surface area contributed by atoms with Gasteiger partial charge in [-0.25, -0.2) is 0 Å². The van der Waals surface area contributed by atoms with Gasteiger partial charge in [-0.05, 0) is 42.8 Å². The average Bonchev–Trinajstić information content (AvgIpc) is 2.94. The van der Waals surface area contributed by atoms with Crippen molar-refractivity contribution in [3.05, 3.63) is 65.3 Å². The lowest BCUT2D eigenvalue weighted by molar-refractivity contribution is 0.314. The molecule has 0 spiro atoms. The van der Waals surface area contributed by atoms with Crippen LogP contribution in [0.25, 0.3) is 10.9 Å². The van der Waals surface area contributed by atoms with Gasteiger partial charge in [0.15, 0.2) is 0 Å². The van der Waals surface area contributed by atoms with Crippen LogP contribution in [-0.2, 0) is 6.42 Å². The fourth-order valence-corrected chi connectivity index (χ4v) is 2.66. The molecule has 3 nitrogen and oxygen atoms in total. The van der Waals surface area contributed by atoms with E-state index in [-0.39, 0.29) is 0 Å². The number of aromatic amines is 1. The molecule has 22 heavy (non-hydrogen) atoms. The first-order chi connectivity index (χ1) is 10.8. The Morgan fingerprint density at radius 2 is 1.95 bits per heavy atom. The summed E-state index contributed by atoms with van der Waals surface area (Å²) in [5.41, 5.74) is 2.54. The lowest BCUT2D eigenvalue weighted by Gasteiger charge is -2.07. The number of halogens is 1. The van der Waals surface area contributed by atoms with E-state index in [2.05, 4.69) is 34.7 Å². The van der Waals surface area contributed by atoms with Crippen LogP contribution >= 0.6 is 11.6 Å². The summed E-state index contributed by atoms with van der Waals surface area (Å²) in [4.78, 5) is 3.30. The molecule has 2 aromatic carbocycles. The minimum atomic E-state index is 0.633. The maximum Gasteiger partial charge on any atom is 0.120 e. The van der Waals surface area contributed by atoms with Gasteiger partial charge in [-0.1, -0.05) is 35.9 Å². The van der Waals surface area contributed by atoms with Crippen molar-refractivity contribution in [2.45, 2.75) is 6.42 Å². The van der Waals surface area contributed by atoms with Crippen molar-refractivity contribution in [2.24, 2.45) is 0 Å². The number of rotatable bonds is 7. The zero-order chi connectivity index (χ0) is 15.2. The largest absolute Gasteiger partial charge is 0.492 e. The van der Waals surface area contributed by atoms with Crippen LogP contribution < -0.4 is 10.1 Å². The zero-order valence-corrected chi connectivity index (χ0v) is 13.1. The molecule has 114 valence electrons. The average molecular weight is 315 g/mol. The molecule has 3 aromatic rings. The molecule has 4 heteroatoms. The molecule has 1 aromatic heterocycles. The molecule has 0 aliphatic carbocycles. The minimum absolute atomic E-state index is 0.633. The Bertz CT molecular complexity index is 739. The van der Waals surface area contributed by atoms with Gasteiger partial charge in [0.1, 0.15) is 12.4 Å². The maximum absolute atomic E-state index is 5.91. The molecule has 0 aliphatic rings. The molecule has 0 bridgehead atoms. The first-order valence-electron chi connectivity index (χ1n) is 7.47. The summed E-state index contributed by atoms with van der Waals surface area (Å²) in [5, 5.41) is 5.41. The molecular formula is C18H19ClN2O. The summed E-state index contributed by atoms with van der Waals surface area (Å²) in [6, 6.07) is 15.9. The second-order valence-corrected chi connectivity index (χ2v) is 5.60. The summed E-state index contributed by atoms with van der Waals surface area (Å²) in [6.45, 7) is 2.38. The quantitative estimate of drug-likeness (QED) is 0.646. The van der Waals surface area contributed by atoms with Gasteiger partial charge in [0, 0.05) is 28.7 Å². The molecule has 3 rings (SSSR count). The molecule has 0 saturated heterocycles. The molecule has 0 radical (unpaired) electrons. The van der Waals surface area contributed by atoms with Gasteiger partial charge in [-0.15, -0.1) is 0 Å². The minimum Gasteiger partial charge on any atom is -0.492 e. The molecule has 2 N–H and O–H groups in total. The highest BCUT2D eigenvalue weighted by Gasteiger charge is 2.02. The van der Waals surface area contributed by atoms with E-state index in [4.69, 9.17) is 16.3 Å². The van der Waals surface area contributed by atoms with Crippen LogP contribution in [0.5, 0.6) is 5.75 Å². The first kappa shape index (κ1) is 14.9. The van der Waals surface area contributed by atoms with Gasteiger partial charge in [0.25, 0.3) is 0 Å². The van der Waals surface area contributed by atoms with E-state index < -0.39 is 0 Å². The van der Waals surface area contributed by atoms with E-state index in [0.29, 0.717) is 11.6 Å². The first-order valence-corrected chi connectivity index (χ1v) is 7.85. The molecule has 1 heterocycles. The van der Waals surface area contributed by atoms with E-state index in [0.717, 1.165) is 25.3 Å². The van der Waals surface area contributed by atoms with Gasteiger partial charge in [-0.3, -0.25) is 0 Å². The fraction of sp³-hybridized carbons (Fsp3) is 0.222. The predicted molar refractivity (Wildman–Crippen MR) is 91.8 cm³/mol. The molecule has 0 fully saturated rings. The number of ether oxygens (including phenoxy) is 1. The molecular weight excluding hydrogens is 296 g/mol. The third-order valence-electron chi connectivity index (χ3n) is 3.59. The Kier molecular flexibility index (Phi) is 4.99. The Labute approximate surface area is 135 Å².